The lowest BCUT2D eigenvalue weighted by Crippen LogP contribution is -2.18. The highest BCUT2D eigenvalue weighted by molar-refractivity contribution is 7.93. The van der Waals surface area contributed by atoms with Crippen LogP contribution in [0.1, 0.15) is 27.8 Å². The first-order valence-electron chi connectivity index (χ1n) is 8.01. The molecule has 8 heteroatoms. The van der Waals surface area contributed by atoms with E-state index in [4.69, 9.17) is 0 Å². The Bertz CT molecular complexity index is 1040. The largest absolute Gasteiger partial charge is 0.284 e. The van der Waals surface area contributed by atoms with Gasteiger partial charge in [-0.25, -0.2) is 16.8 Å². The third-order valence-electron chi connectivity index (χ3n) is 4.62. The van der Waals surface area contributed by atoms with Gasteiger partial charge in [-0.2, -0.15) is 0 Å². The highest BCUT2D eigenvalue weighted by atomic mass is 32.2. The van der Waals surface area contributed by atoms with Crippen LogP contribution in [-0.2, 0) is 20.0 Å². The summed E-state index contributed by atoms with van der Waals surface area (Å²) in [6.07, 6.45) is 1.04. The Morgan fingerprint density at radius 2 is 1.12 bits per heavy atom. The molecular weight excluding hydrogens is 372 g/mol. The molecule has 0 amide bonds. The van der Waals surface area contributed by atoms with E-state index in [-0.39, 0.29) is 16.3 Å². The smallest absolute Gasteiger partial charge is 0.262 e. The second kappa shape index (κ2) is 6.92. The molecule has 0 saturated heterocycles. The van der Waals surface area contributed by atoms with E-state index in [0.717, 1.165) is 22.9 Å². The molecule has 142 valence electrons. The van der Waals surface area contributed by atoms with E-state index in [9.17, 15) is 16.8 Å². The Morgan fingerprint density at radius 1 is 0.692 bits per heavy atom. The van der Waals surface area contributed by atoms with Gasteiger partial charge in [0.25, 0.3) is 10.0 Å². The minimum Gasteiger partial charge on any atom is -0.284 e. The average molecular weight is 397 g/mol. The van der Waals surface area contributed by atoms with E-state index < -0.39 is 20.0 Å². The molecule has 26 heavy (non-hydrogen) atoms. The topological polar surface area (TPSA) is 92.3 Å². The molecule has 0 spiro atoms. The maximum atomic E-state index is 13.0. The molecule has 0 aliphatic carbocycles. The van der Waals surface area contributed by atoms with Crippen molar-refractivity contribution in [3.8, 4) is 0 Å². The van der Waals surface area contributed by atoms with Crippen LogP contribution in [0.4, 0.5) is 11.4 Å². The number of nitrogens with one attached hydrogen (secondary N) is 2. The van der Waals surface area contributed by atoms with Crippen molar-refractivity contribution in [3.05, 3.63) is 52.1 Å². The summed E-state index contributed by atoms with van der Waals surface area (Å²) in [4.78, 5) is 0.263. The lowest BCUT2D eigenvalue weighted by molar-refractivity contribution is 0.599. The van der Waals surface area contributed by atoms with E-state index in [2.05, 4.69) is 9.44 Å². The van der Waals surface area contributed by atoms with Crippen molar-refractivity contribution in [2.45, 2.75) is 39.5 Å². The van der Waals surface area contributed by atoms with E-state index in [1.807, 2.05) is 20.8 Å². The van der Waals surface area contributed by atoms with Gasteiger partial charge in [-0.3, -0.25) is 9.44 Å². The summed E-state index contributed by atoms with van der Waals surface area (Å²) in [6, 6.07) is 6.15. The molecule has 0 aromatic heterocycles. The SMILES string of the molecule is Cc1c(C)c(C)c(S(=O)(=O)Nc2cccc(NS(C)(=O)=O)c2)c(C)c1C. The maximum Gasteiger partial charge on any atom is 0.262 e. The summed E-state index contributed by atoms with van der Waals surface area (Å²) in [5.74, 6) is 0. The van der Waals surface area contributed by atoms with Crippen LogP contribution in [-0.4, -0.2) is 23.1 Å². The van der Waals surface area contributed by atoms with Crippen molar-refractivity contribution in [2.24, 2.45) is 0 Å². The molecule has 0 radical (unpaired) electrons. The normalized spacial score (nSPS) is 12.1. The summed E-state index contributed by atoms with van der Waals surface area (Å²) in [7, 11) is -7.27. The quantitative estimate of drug-likeness (QED) is 0.810. The zero-order valence-corrected chi connectivity index (χ0v) is 17.4. The molecule has 2 N–H and O–H groups in total. The molecule has 2 aromatic rings. The second-order valence-electron chi connectivity index (χ2n) is 6.51. The van der Waals surface area contributed by atoms with Gasteiger partial charge in [0.2, 0.25) is 10.0 Å². The fourth-order valence-corrected chi connectivity index (χ4v) is 5.14. The summed E-state index contributed by atoms with van der Waals surface area (Å²) in [6.45, 7) is 9.39. The standard InChI is InChI=1S/C18H24N2O4S2/c1-11-12(2)14(4)18(15(5)13(11)3)26(23,24)20-17-9-7-8-16(10-17)19-25(6,21)22/h7-10,19-20H,1-6H3. The summed E-state index contributed by atoms with van der Waals surface area (Å²) < 4.78 is 53.6. The highest BCUT2D eigenvalue weighted by Crippen LogP contribution is 2.31. The number of hydrogen-bond acceptors (Lipinski definition) is 4. The molecule has 2 rings (SSSR count). The number of benzene rings is 2. The van der Waals surface area contributed by atoms with Crippen LogP contribution >= 0.6 is 0 Å². The lowest BCUT2D eigenvalue weighted by atomic mass is 9.95. The predicted molar refractivity (Wildman–Crippen MR) is 106 cm³/mol. The van der Waals surface area contributed by atoms with Gasteiger partial charge >= 0.3 is 0 Å². The van der Waals surface area contributed by atoms with Crippen molar-refractivity contribution in [3.63, 3.8) is 0 Å². The van der Waals surface area contributed by atoms with Crippen molar-refractivity contribution in [1.82, 2.24) is 0 Å². The molecular formula is C18H24N2O4S2. The Kier molecular flexibility index (Phi) is 5.39. The molecule has 2 aromatic carbocycles. The van der Waals surface area contributed by atoms with Gasteiger partial charge in [-0.15, -0.1) is 0 Å². The van der Waals surface area contributed by atoms with E-state index in [0.29, 0.717) is 11.1 Å². The minimum atomic E-state index is -3.82. The fourth-order valence-electron chi connectivity index (χ4n) is 2.94. The molecule has 0 fully saturated rings. The summed E-state index contributed by atoms with van der Waals surface area (Å²) >= 11 is 0. The van der Waals surface area contributed by atoms with Crippen LogP contribution in [0.5, 0.6) is 0 Å². The molecule has 0 bridgehead atoms. The number of sulfonamides is 2. The number of hydrogen-bond donors (Lipinski definition) is 2. The van der Waals surface area contributed by atoms with Crippen molar-refractivity contribution in [1.29, 1.82) is 0 Å². The molecule has 0 unspecified atom stereocenters. The third-order valence-corrected chi connectivity index (χ3v) is 6.88. The zero-order chi connectivity index (χ0) is 19.9. The van der Waals surface area contributed by atoms with E-state index in [1.165, 1.54) is 6.07 Å². The monoisotopic (exact) mass is 396 g/mol. The van der Waals surface area contributed by atoms with Crippen LogP contribution < -0.4 is 9.44 Å². The van der Waals surface area contributed by atoms with Gasteiger partial charge in [-0.05, 0) is 80.6 Å². The van der Waals surface area contributed by atoms with Crippen LogP contribution in [0.2, 0.25) is 0 Å². The third kappa shape index (κ3) is 4.19. The van der Waals surface area contributed by atoms with Crippen molar-refractivity contribution < 1.29 is 16.8 Å². The molecule has 0 aliphatic rings. The minimum absolute atomic E-state index is 0.263. The van der Waals surface area contributed by atoms with Crippen LogP contribution in [0.25, 0.3) is 0 Å². The van der Waals surface area contributed by atoms with Crippen LogP contribution in [0.15, 0.2) is 29.2 Å². The Hall–Kier alpha value is -2.06. The summed E-state index contributed by atoms with van der Waals surface area (Å²) in [5, 5.41) is 0. The Morgan fingerprint density at radius 3 is 1.58 bits per heavy atom. The maximum absolute atomic E-state index is 13.0. The molecule has 6 nitrogen and oxygen atoms in total. The van der Waals surface area contributed by atoms with Crippen LogP contribution in [0.3, 0.4) is 0 Å². The van der Waals surface area contributed by atoms with Crippen molar-refractivity contribution >= 4 is 31.4 Å². The number of rotatable bonds is 5. The second-order valence-corrected chi connectivity index (χ2v) is 9.88. The van der Waals surface area contributed by atoms with Crippen molar-refractivity contribution in [2.75, 3.05) is 15.7 Å². The van der Waals surface area contributed by atoms with E-state index >= 15 is 0 Å². The first-order valence-corrected chi connectivity index (χ1v) is 11.4. The van der Waals surface area contributed by atoms with Gasteiger partial charge < -0.3 is 0 Å². The highest BCUT2D eigenvalue weighted by Gasteiger charge is 2.23. The van der Waals surface area contributed by atoms with Gasteiger partial charge in [0.05, 0.1) is 22.5 Å². The lowest BCUT2D eigenvalue weighted by Gasteiger charge is -2.19. The number of anilines is 2. The predicted octanol–water partition coefficient (Wildman–Crippen LogP) is 3.40. The molecule has 0 atom stereocenters. The first-order chi connectivity index (χ1) is 11.8. The van der Waals surface area contributed by atoms with E-state index in [1.54, 1.807) is 32.0 Å². The zero-order valence-electron chi connectivity index (χ0n) is 15.8. The van der Waals surface area contributed by atoms with Gasteiger partial charge in [0.1, 0.15) is 0 Å². The molecule has 0 aliphatic heterocycles. The average Bonchev–Trinajstić information content (AvgIpc) is 2.49. The van der Waals surface area contributed by atoms with Gasteiger partial charge in [-0.1, -0.05) is 6.07 Å². The first kappa shape index (κ1) is 20.3. The fraction of sp³-hybridized carbons (Fsp3) is 0.333. The summed E-state index contributed by atoms with van der Waals surface area (Å²) in [5.41, 5.74) is 4.97. The van der Waals surface area contributed by atoms with Gasteiger partial charge in [0, 0.05) is 0 Å². The Labute approximate surface area is 155 Å². The van der Waals surface area contributed by atoms with Crippen LogP contribution in [0, 0.1) is 34.6 Å². The van der Waals surface area contributed by atoms with Gasteiger partial charge in [0.15, 0.2) is 0 Å². The molecule has 0 saturated carbocycles. The molecule has 0 heterocycles. The Balaban J connectivity index is 2.50.